The third-order valence-electron chi connectivity index (χ3n) is 3.87. The summed E-state index contributed by atoms with van der Waals surface area (Å²) >= 11 is 1.14. The van der Waals surface area contributed by atoms with E-state index in [1.807, 2.05) is 6.07 Å². The lowest BCUT2D eigenvalue weighted by atomic mass is 10.2. The fraction of sp³-hybridized carbons (Fsp3) is 0.222. The molecule has 0 radical (unpaired) electrons. The van der Waals surface area contributed by atoms with E-state index < -0.39 is 5.97 Å². The molecule has 8 heteroatoms. The van der Waals surface area contributed by atoms with Crippen molar-refractivity contribution in [3.8, 4) is 0 Å². The third kappa shape index (κ3) is 3.65. The van der Waals surface area contributed by atoms with Gasteiger partial charge in [0.2, 0.25) is 5.91 Å². The van der Waals surface area contributed by atoms with Crippen molar-refractivity contribution in [1.82, 2.24) is 9.55 Å². The van der Waals surface area contributed by atoms with Crippen LogP contribution >= 0.6 is 11.3 Å². The molecule has 0 aliphatic carbocycles. The highest BCUT2D eigenvalue weighted by atomic mass is 32.1. The van der Waals surface area contributed by atoms with Crippen LogP contribution in [0.4, 0.5) is 5.00 Å². The summed E-state index contributed by atoms with van der Waals surface area (Å²) in [6.07, 6.45) is 0.117. The molecule has 0 atom stereocenters. The van der Waals surface area contributed by atoms with Gasteiger partial charge >= 0.3 is 5.97 Å². The Morgan fingerprint density at radius 3 is 2.77 bits per heavy atom. The van der Waals surface area contributed by atoms with Gasteiger partial charge in [-0.25, -0.2) is 9.78 Å². The second-order valence-corrected chi connectivity index (χ2v) is 6.67. The first-order valence-electron chi connectivity index (χ1n) is 7.94. The molecule has 1 amide bonds. The number of amides is 1. The Hall–Kier alpha value is -3.00. The van der Waals surface area contributed by atoms with E-state index in [-0.39, 0.29) is 24.4 Å². The Labute approximate surface area is 153 Å². The number of aryl methyl sites for hydroxylation is 1. The van der Waals surface area contributed by atoms with Gasteiger partial charge < -0.3 is 10.1 Å². The maximum Gasteiger partial charge on any atom is 0.348 e. The zero-order chi connectivity index (χ0) is 18.7. The summed E-state index contributed by atoms with van der Waals surface area (Å²) in [5.41, 5.74) is 0.481. The molecule has 0 fully saturated rings. The molecule has 134 valence electrons. The Morgan fingerprint density at radius 2 is 2.00 bits per heavy atom. The monoisotopic (exact) mass is 371 g/mol. The van der Waals surface area contributed by atoms with Gasteiger partial charge in [0.15, 0.2) is 0 Å². The molecule has 0 unspecified atom stereocenters. The average Bonchev–Trinajstić information content (AvgIpc) is 3.09. The molecule has 0 saturated carbocycles. The van der Waals surface area contributed by atoms with Crippen LogP contribution in [0.25, 0.3) is 10.9 Å². The number of esters is 1. The molecule has 0 bridgehead atoms. The fourth-order valence-corrected chi connectivity index (χ4v) is 3.41. The number of benzene rings is 1. The van der Waals surface area contributed by atoms with E-state index in [9.17, 15) is 14.4 Å². The number of hydrogen-bond acceptors (Lipinski definition) is 6. The van der Waals surface area contributed by atoms with Gasteiger partial charge in [-0.2, -0.15) is 0 Å². The van der Waals surface area contributed by atoms with Gasteiger partial charge in [0.1, 0.15) is 10.7 Å². The van der Waals surface area contributed by atoms with Gasteiger partial charge in [0.25, 0.3) is 5.56 Å². The van der Waals surface area contributed by atoms with Crippen LogP contribution < -0.4 is 10.9 Å². The highest BCUT2D eigenvalue weighted by Gasteiger charge is 2.12. The van der Waals surface area contributed by atoms with Crippen LogP contribution in [0.5, 0.6) is 0 Å². The summed E-state index contributed by atoms with van der Waals surface area (Å²) < 4.78 is 6.13. The molecule has 0 saturated heterocycles. The first-order valence-corrected chi connectivity index (χ1v) is 8.75. The average molecular weight is 371 g/mol. The molecular weight excluding hydrogens is 354 g/mol. The van der Waals surface area contributed by atoms with Crippen molar-refractivity contribution in [2.75, 3.05) is 12.4 Å². The molecule has 2 aromatic heterocycles. The quantitative estimate of drug-likeness (QED) is 0.696. The Kier molecular flexibility index (Phi) is 5.13. The van der Waals surface area contributed by atoms with E-state index in [4.69, 9.17) is 0 Å². The van der Waals surface area contributed by atoms with Crippen molar-refractivity contribution in [2.24, 2.45) is 0 Å². The van der Waals surface area contributed by atoms with E-state index in [1.165, 1.54) is 11.7 Å². The predicted molar refractivity (Wildman–Crippen MR) is 99.6 cm³/mol. The summed E-state index contributed by atoms with van der Waals surface area (Å²) in [5.74, 6) is -0.131. The number of anilines is 1. The number of carbonyl (C=O) groups excluding carboxylic acids is 2. The largest absolute Gasteiger partial charge is 0.465 e. The third-order valence-corrected chi connectivity index (χ3v) is 4.85. The van der Waals surface area contributed by atoms with E-state index in [1.54, 1.807) is 37.3 Å². The second kappa shape index (κ2) is 7.49. The highest BCUT2D eigenvalue weighted by molar-refractivity contribution is 7.18. The predicted octanol–water partition coefficient (Wildman–Crippen LogP) is 2.58. The molecule has 0 aliphatic heterocycles. The van der Waals surface area contributed by atoms with E-state index in [0.717, 1.165) is 11.3 Å². The molecule has 2 heterocycles. The smallest absolute Gasteiger partial charge is 0.348 e. The maximum atomic E-state index is 12.6. The zero-order valence-corrected chi connectivity index (χ0v) is 15.1. The lowest BCUT2D eigenvalue weighted by Gasteiger charge is -2.10. The highest BCUT2D eigenvalue weighted by Crippen LogP contribution is 2.22. The van der Waals surface area contributed by atoms with Gasteiger partial charge in [-0.1, -0.05) is 12.1 Å². The number of nitrogens with zero attached hydrogens (tertiary/aromatic N) is 2. The number of thiophene rings is 1. The van der Waals surface area contributed by atoms with Crippen molar-refractivity contribution in [2.45, 2.75) is 19.9 Å². The van der Waals surface area contributed by atoms with Crippen LogP contribution in [-0.4, -0.2) is 28.5 Å². The number of carbonyl (C=O) groups is 2. The van der Waals surface area contributed by atoms with Gasteiger partial charge in [-0.3, -0.25) is 14.2 Å². The molecule has 3 aromatic rings. The van der Waals surface area contributed by atoms with Gasteiger partial charge in [-0.15, -0.1) is 11.3 Å². The van der Waals surface area contributed by atoms with Crippen molar-refractivity contribution >= 4 is 39.1 Å². The Morgan fingerprint density at radius 1 is 1.23 bits per heavy atom. The minimum atomic E-state index is -0.445. The first kappa shape index (κ1) is 17.8. The Balaban J connectivity index is 1.70. The second-order valence-electron chi connectivity index (χ2n) is 5.59. The SMILES string of the molecule is COC(=O)c1ccc(NC(=O)CCn2c(C)nc3ccccc3c2=O)s1. The molecule has 3 rings (SSSR count). The van der Waals surface area contributed by atoms with Crippen LogP contribution in [-0.2, 0) is 16.1 Å². The normalized spacial score (nSPS) is 10.7. The standard InChI is InChI=1S/C18H17N3O4S/c1-11-19-13-6-4-3-5-12(13)17(23)21(11)10-9-15(22)20-16-8-7-14(26-16)18(24)25-2/h3-8H,9-10H2,1-2H3,(H,20,22). The molecular formula is C18H17N3O4S. The topological polar surface area (TPSA) is 90.3 Å². The first-order chi connectivity index (χ1) is 12.5. The minimum Gasteiger partial charge on any atom is -0.465 e. The van der Waals surface area contributed by atoms with Gasteiger partial charge in [-0.05, 0) is 31.2 Å². The number of methoxy groups -OCH3 is 1. The number of para-hydroxylation sites is 1. The fourth-order valence-electron chi connectivity index (χ4n) is 2.57. The van der Waals surface area contributed by atoms with E-state index >= 15 is 0 Å². The molecule has 1 N–H and O–H groups in total. The van der Waals surface area contributed by atoms with Crippen molar-refractivity contribution < 1.29 is 14.3 Å². The summed E-state index contributed by atoms with van der Waals surface area (Å²) in [5, 5.41) is 3.80. The van der Waals surface area contributed by atoms with Gasteiger partial charge in [0, 0.05) is 13.0 Å². The Bertz CT molecular complexity index is 1040. The lowest BCUT2D eigenvalue weighted by molar-refractivity contribution is -0.116. The zero-order valence-electron chi connectivity index (χ0n) is 14.3. The van der Waals surface area contributed by atoms with Crippen LogP contribution in [0.2, 0.25) is 0 Å². The summed E-state index contributed by atoms with van der Waals surface area (Å²) in [6, 6.07) is 10.4. The number of ether oxygens (including phenoxy) is 1. The van der Waals surface area contributed by atoms with Crippen molar-refractivity contribution in [3.05, 3.63) is 57.5 Å². The van der Waals surface area contributed by atoms with Crippen LogP contribution in [0.3, 0.4) is 0 Å². The summed E-state index contributed by atoms with van der Waals surface area (Å²) in [4.78, 5) is 41.0. The van der Waals surface area contributed by atoms with E-state index in [2.05, 4.69) is 15.0 Å². The van der Waals surface area contributed by atoms with Crippen LogP contribution in [0.15, 0.2) is 41.2 Å². The van der Waals surface area contributed by atoms with Gasteiger partial charge in [0.05, 0.1) is 23.0 Å². The molecule has 7 nitrogen and oxygen atoms in total. The number of rotatable bonds is 5. The molecule has 26 heavy (non-hydrogen) atoms. The minimum absolute atomic E-state index is 0.117. The van der Waals surface area contributed by atoms with Crippen LogP contribution in [0.1, 0.15) is 21.9 Å². The van der Waals surface area contributed by atoms with Crippen molar-refractivity contribution in [3.63, 3.8) is 0 Å². The number of hydrogen-bond donors (Lipinski definition) is 1. The number of aromatic nitrogens is 2. The van der Waals surface area contributed by atoms with Crippen LogP contribution in [0, 0.1) is 6.92 Å². The number of fused-ring (bicyclic) bond motifs is 1. The lowest BCUT2D eigenvalue weighted by Crippen LogP contribution is -2.26. The summed E-state index contributed by atoms with van der Waals surface area (Å²) in [7, 11) is 1.30. The number of nitrogens with one attached hydrogen (secondary N) is 1. The maximum absolute atomic E-state index is 12.6. The molecule has 0 spiro atoms. The molecule has 1 aromatic carbocycles. The van der Waals surface area contributed by atoms with E-state index in [0.29, 0.717) is 26.6 Å². The molecule has 0 aliphatic rings. The summed E-state index contributed by atoms with van der Waals surface area (Å²) in [6.45, 7) is 1.97. The van der Waals surface area contributed by atoms with Crippen molar-refractivity contribution in [1.29, 1.82) is 0 Å².